The van der Waals surface area contributed by atoms with Crippen LogP contribution in [0.2, 0.25) is 0 Å². The summed E-state index contributed by atoms with van der Waals surface area (Å²) in [5, 5.41) is 54.3. The SMILES string of the molecule is CNCNC(O)(CCC(=O)NC(CSC1C2=C3C(CCCCCC14CCCC4)C1(CCCC1)C(Cc1ccncc1)=C1C4NCCCC4Cc4ccccc4CC#CC13C(=O)O2)C(=O)NC(O)C(=O)O)C(=O)O. The molecule has 2 aliphatic heterocycles. The van der Waals surface area contributed by atoms with Crippen LogP contribution in [0, 0.1) is 39.9 Å². The number of esters is 1. The van der Waals surface area contributed by atoms with Gasteiger partial charge in [-0.25, -0.2) is 14.4 Å². The molecule has 5 aliphatic carbocycles. The number of allylic oxidation sites excluding steroid dienone is 1. The Labute approximate surface area is 432 Å². The number of piperidine rings is 1. The number of nitrogens with zero attached hydrogens (tertiary/aromatic N) is 1. The van der Waals surface area contributed by atoms with Gasteiger partial charge in [0.25, 0.3) is 0 Å². The zero-order chi connectivity index (χ0) is 51.4. The minimum atomic E-state index is -2.47. The lowest BCUT2D eigenvalue weighted by atomic mass is 9.48. The Balaban J connectivity index is 1.22. The van der Waals surface area contributed by atoms with E-state index in [1.807, 2.05) is 12.4 Å². The topological polar surface area (TPSA) is 249 Å². The number of carboxylic acid groups (broad SMARTS) is 2. The Kier molecular flexibility index (Phi) is 16.2. The van der Waals surface area contributed by atoms with Crippen LogP contribution in [-0.2, 0) is 48.0 Å². The molecule has 9 N–H and O–H groups in total. The van der Waals surface area contributed by atoms with Crippen molar-refractivity contribution in [2.24, 2.45) is 28.1 Å². The number of nitrogens with one attached hydrogen (secondary N) is 5. The largest absolute Gasteiger partial charge is 0.478 e. The Morgan fingerprint density at radius 3 is 2.34 bits per heavy atom. The van der Waals surface area contributed by atoms with Crippen LogP contribution < -0.4 is 26.6 Å². The molecular formula is C56H72N6O10S. The highest BCUT2D eigenvalue weighted by Gasteiger charge is 2.67. The average molecular weight is 1020 g/mol. The van der Waals surface area contributed by atoms with Crippen LogP contribution >= 0.6 is 11.8 Å². The summed E-state index contributed by atoms with van der Waals surface area (Å²) in [4.78, 5) is 72.5. The van der Waals surface area contributed by atoms with Gasteiger partial charge < -0.3 is 46.4 Å². The molecule has 3 fully saturated rings. The van der Waals surface area contributed by atoms with Gasteiger partial charge in [0, 0.05) is 55.7 Å². The third kappa shape index (κ3) is 10.4. The molecule has 0 bridgehead atoms. The number of hydrogen-bond donors (Lipinski definition) is 9. The zero-order valence-electron chi connectivity index (χ0n) is 41.9. The number of benzene rings is 1. The van der Waals surface area contributed by atoms with Crippen molar-refractivity contribution in [3.8, 4) is 11.8 Å². The lowest BCUT2D eigenvalue weighted by Gasteiger charge is -2.54. The number of carboxylic acids is 2. The summed E-state index contributed by atoms with van der Waals surface area (Å²) in [6, 6.07) is 11.1. The molecule has 16 nitrogen and oxygen atoms in total. The lowest BCUT2D eigenvalue weighted by Crippen LogP contribution is -2.56. The van der Waals surface area contributed by atoms with Crippen molar-refractivity contribution < 1.29 is 49.1 Å². The molecule has 1 saturated heterocycles. The first-order chi connectivity index (χ1) is 35.2. The molecule has 3 heterocycles. The number of aliphatic hydroxyl groups excluding tert-OH is 1. The van der Waals surface area contributed by atoms with Crippen LogP contribution in [0.25, 0.3) is 0 Å². The molecule has 17 heteroatoms. The predicted octanol–water partition coefficient (Wildman–Crippen LogP) is 5.03. The minimum Gasteiger partial charge on any atom is -0.478 e. The van der Waals surface area contributed by atoms with Gasteiger partial charge >= 0.3 is 17.9 Å². The third-order valence-electron chi connectivity index (χ3n) is 17.5. The molecule has 1 aromatic heterocycles. The molecule has 3 spiro atoms. The molecule has 392 valence electrons. The van der Waals surface area contributed by atoms with Crippen LogP contribution in [0.15, 0.2) is 71.3 Å². The second-order valence-electron chi connectivity index (χ2n) is 21.7. The molecule has 8 atom stereocenters. The Morgan fingerprint density at radius 1 is 0.918 bits per heavy atom. The minimum absolute atomic E-state index is 0.0748. The summed E-state index contributed by atoms with van der Waals surface area (Å²) in [7, 11) is 1.56. The number of thioether (sulfide) groups is 1. The number of ether oxygens (including phenoxy) is 1. The second-order valence-corrected chi connectivity index (χ2v) is 22.8. The highest BCUT2D eigenvalue weighted by atomic mass is 32.2. The summed E-state index contributed by atoms with van der Waals surface area (Å²) in [6.07, 6.45) is 16.6. The van der Waals surface area contributed by atoms with E-state index in [0.29, 0.717) is 18.6 Å². The molecule has 73 heavy (non-hydrogen) atoms. The van der Waals surface area contributed by atoms with Crippen LogP contribution in [0.3, 0.4) is 0 Å². The maximum Gasteiger partial charge on any atom is 0.353 e. The van der Waals surface area contributed by atoms with Gasteiger partial charge in [-0.1, -0.05) is 86.6 Å². The summed E-state index contributed by atoms with van der Waals surface area (Å²) in [5.41, 5.74) is 2.38. The van der Waals surface area contributed by atoms with Crippen molar-refractivity contribution in [3.05, 3.63) is 88.0 Å². The smallest absolute Gasteiger partial charge is 0.353 e. The van der Waals surface area contributed by atoms with Crippen molar-refractivity contribution in [2.45, 2.75) is 158 Å². The van der Waals surface area contributed by atoms with Gasteiger partial charge in [-0.15, -0.1) is 11.8 Å². The highest BCUT2D eigenvalue weighted by Crippen LogP contribution is 2.69. The van der Waals surface area contributed by atoms with Crippen LogP contribution in [0.1, 0.15) is 126 Å². The van der Waals surface area contributed by atoms with Crippen molar-refractivity contribution in [2.75, 3.05) is 26.0 Å². The summed E-state index contributed by atoms with van der Waals surface area (Å²) >= 11 is 1.41. The first-order valence-electron chi connectivity index (χ1n) is 26.6. The molecule has 1 aromatic carbocycles. The first-order valence-corrected chi connectivity index (χ1v) is 27.7. The molecule has 8 unspecified atom stereocenters. The fourth-order valence-electron chi connectivity index (χ4n) is 14.0. The third-order valence-corrected chi connectivity index (χ3v) is 19.1. The molecule has 2 saturated carbocycles. The maximum atomic E-state index is 16.2. The summed E-state index contributed by atoms with van der Waals surface area (Å²) in [5.74, 6) is 2.67. The van der Waals surface area contributed by atoms with Crippen molar-refractivity contribution in [1.29, 1.82) is 0 Å². The van der Waals surface area contributed by atoms with Crippen molar-refractivity contribution in [3.63, 3.8) is 0 Å². The number of carbonyl (C=O) groups excluding carboxylic acids is 3. The van der Waals surface area contributed by atoms with Gasteiger partial charge in [0.2, 0.25) is 23.8 Å². The Bertz CT molecular complexity index is 2550. The molecule has 7 aliphatic rings. The standard InChI is InChI=1S/C56H72N6O10S/c1-57-34-60-56(71,51(68)69)27-18-42(63)61-41(48(64)62-49(65)50(66)67)33-73-47-46-44-39(17-3-2-6-21-53(47)22-7-8-23-53)54(24-9-10-25-54)40(31-35-19-29-58-30-20-35)43-45-38(16-12-28-59-45)32-37-14-5-4-13-36(37)15-11-26-55(43,44)52(70)72-46/h4-5,13-14,19-20,29-30,38-39,41,45,47,49,57,59-60,65,71H,2-3,6-10,12,15-18,21-25,27-28,31-34H2,1H3,(H,61,63)(H,62,64)(H,66,67)(H,68,69). The number of aliphatic carboxylic acids is 2. The highest BCUT2D eigenvalue weighted by molar-refractivity contribution is 8.00. The summed E-state index contributed by atoms with van der Waals surface area (Å²) < 4.78 is 7.13. The van der Waals surface area contributed by atoms with E-state index in [4.69, 9.17) is 4.74 Å². The average Bonchev–Trinajstić information content (AvgIpc) is 4.14. The second kappa shape index (κ2) is 22.4. The molecule has 2 amide bonds. The van der Waals surface area contributed by atoms with Crippen molar-refractivity contribution in [1.82, 2.24) is 31.6 Å². The molecule has 2 aromatic rings. The van der Waals surface area contributed by atoms with E-state index in [2.05, 4.69) is 79.8 Å². The van der Waals surface area contributed by atoms with Gasteiger partial charge in [0.1, 0.15) is 11.8 Å². The monoisotopic (exact) mass is 1020 g/mol. The number of aliphatic hydroxyl groups is 2. The van der Waals surface area contributed by atoms with Gasteiger partial charge in [-0.2, -0.15) is 0 Å². The van der Waals surface area contributed by atoms with Gasteiger partial charge in [0.05, 0.1) is 5.25 Å². The maximum absolute atomic E-state index is 16.2. The summed E-state index contributed by atoms with van der Waals surface area (Å²) in [6.45, 7) is 0.722. The predicted molar refractivity (Wildman–Crippen MR) is 274 cm³/mol. The fraction of sp³-hybridized carbons (Fsp3) is 0.607. The number of aromatic nitrogens is 1. The van der Waals surface area contributed by atoms with E-state index in [1.54, 1.807) is 7.05 Å². The molecule has 9 rings (SSSR count). The van der Waals surface area contributed by atoms with E-state index in [9.17, 15) is 39.6 Å². The van der Waals surface area contributed by atoms with Crippen molar-refractivity contribution >= 4 is 41.5 Å². The van der Waals surface area contributed by atoms with Gasteiger partial charge in [-0.05, 0) is 135 Å². The van der Waals surface area contributed by atoms with E-state index in [0.717, 1.165) is 132 Å². The Morgan fingerprint density at radius 2 is 1.63 bits per heavy atom. The normalized spacial score (nSPS) is 27.7. The van der Waals surface area contributed by atoms with Crippen LogP contribution in [-0.4, -0.2) is 110 Å². The van der Waals surface area contributed by atoms with E-state index in [-0.39, 0.29) is 47.1 Å². The number of amides is 2. The van der Waals surface area contributed by atoms with E-state index in [1.165, 1.54) is 22.9 Å². The fourth-order valence-corrected chi connectivity index (χ4v) is 15.7. The quantitative estimate of drug-likeness (QED) is 0.0463. The number of pyridine rings is 1. The molecular weight excluding hydrogens is 949 g/mol. The van der Waals surface area contributed by atoms with E-state index >= 15 is 4.79 Å². The number of rotatable bonds is 16. The molecule has 0 radical (unpaired) electrons. The zero-order valence-corrected chi connectivity index (χ0v) is 42.8. The first kappa shape index (κ1) is 52.8. The van der Waals surface area contributed by atoms with Gasteiger partial charge in [-0.3, -0.25) is 19.9 Å². The van der Waals surface area contributed by atoms with Crippen LogP contribution in [0.4, 0.5) is 0 Å². The number of fused-ring (bicyclic) bond motifs is 4. The van der Waals surface area contributed by atoms with E-state index < -0.39 is 65.3 Å². The van der Waals surface area contributed by atoms with Crippen LogP contribution in [0.5, 0.6) is 0 Å². The van der Waals surface area contributed by atoms with Gasteiger partial charge in [0.15, 0.2) is 5.41 Å². The number of hydrogen-bond acceptors (Lipinski definition) is 13. The Hall–Kier alpha value is -5.09. The lowest BCUT2D eigenvalue weighted by molar-refractivity contribution is -0.164. The number of carbonyl (C=O) groups is 5.